The van der Waals surface area contributed by atoms with Crippen molar-refractivity contribution in [3.63, 3.8) is 0 Å². The first-order valence-corrected chi connectivity index (χ1v) is 8.22. The molecule has 2 unspecified atom stereocenters. The Morgan fingerprint density at radius 3 is 2.54 bits per heavy atom. The Labute approximate surface area is 152 Å². The number of carbonyl (C=O) groups is 2. The number of aliphatic carboxylic acids is 1. The zero-order valence-corrected chi connectivity index (χ0v) is 15.0. The first-order valence-electron chi connectivity index (χ1n) is 8.22. The summed E-state index contributed by atoms with van der Waals surface area (Å²) in [5.41, 5.74) is 1.42. The normalized spacial score (nSPS) is 12.7. The number of carboxylic acids is 1. The summed E-state index contributed by atoms with van der Waals surface area (Å²) in [5, 5.41) is 12.0. The van der Waals surface area contributed by atoms with Crippen LogP contribution in [-0.4, -0.2) is 47.7 Å². The molecule has 1 aromatic carbocycles. The molecule has 2 N–H and O–H groups in total. The van der Waals surface area contributed by atoms with E-state index in [-0.39, 0.29) is 12.6 Å². The van der Waals surface area contributed by atoms with E-state index in [9.17, 15) is 9.59 Å². The fraction of sp³-hybridized carbons (Fsp3) is 0.316. The van der Waals surface area contributed by atoms with Gasteiger partial charge in [0.1, 0.15) is 11.8 Å². The smallest absolute Gasteiger partial charge is 0.317 e. The van der Waals surface area contributed by atoms with Crippen molar-refractivity contribution >= 4 is 12.0 Å². The van der Waals surface area contributed by atoms with Crippen LogP contribution in [-0.2, 0) is 4.79 Å². The van der Waals surface area contributed by atoms with Gasteiger partial charge in [-0.2, -0.15) is 0 Å². The van der Waals surface area contributed by atoms with Crippen molar-refractivity contribution < 1.29 is 19.4 Å². The van der Waals surface area contributed by atoms with Crippen LogP contribution >= 0.6 is 0 Å². The van der Waals surface area contributed by atoms with Gasteiger partial charge in [0.2, 0.25) is 0 Å². The molecule has 0 aliphatic rings. The van der Waals surface area contributed by atoms with Gasteiger partial charge in [0.25, 0.3) is 0 Å². The van der Waals surface area contributed by atoms with Crippen molar-refractivity contribution in [2.75, 3.05) is 20.7 Å². The van der Waals surface area contributed by atoms with E-state index in [1.165, 1.54) is 4.90 Å². The summed E-state index contributed by atoms with van der Waals surface area (Å²) in [4.78, 5) is 29.3. The molecule has 138 valence electrons. The number of urea groups is 1. The maximum absolute atomic E-state index is 12.6. The number of ether oxygens (including phenoxy) is 1. The molecule has 2 atom stereocenters. The minimum atomic E-state index is -0.948. The Balaban J connectivity index is 2.28. The Hall–Kier alpha value is -3.09. The fourth-order valence-corrected chi connectivity index (χ4v) is 2.57. The summed E-state index contributed by atoms with van der Waals surface area (Å²) >= 11 is 0. The highest BCUT2D eigenvalue weighted by atomic mass is 16.5. The molecule has 0 saturated carbocycles. The third-order valence-corrected chi connectivity index (χ3v) is 4.02. The lowest BCUT2D eigenvalue weighted by Crippen LogP contribution is -2.42. The maximum atomic E-state index is 12.6. The molecule has 26 heavy (non-hydrogen) atoms. The molecule has 2 rings (SSSR count). The van der Waals surface area contributed by atoms with Gasteiger partial charge < -0.3 is 20.1 Å². The molecule has 0 bridgehead atoms. The van der Waals surface area contributed by atoms with Crippen LogP contribution in [0.4, 0.5) is 4.79 Å². The summed E-state index contributed by atoms with van der Waals surface area (Å²) in [6.45, 7) is 1.66. The van der Waals surface area contributed by atoms with Crippen LogP contribution in [0.15, 0.2) is 48.7 Å². The number of nitrogens with zero attached hydrogens (tertiary/aromatic N) is 2. The lowest BCUT2D eigenvalue weighted by molar-refractivity contribution is -0.141. The average Bonchev–Trinajstić information content (AvgIpc) is 2.66. The van der Waals surface area contributed by atoms with Crippen LogP contribution in [0.2, 0.25) is 0 Å². The predicted octanol–water partition coefficient (Wildman–Crippen LogP) is 2.54. The summed E-state index contributed by atoms with van der Waals surface area (Å²) in [6.07, 6.45) is 1.65. The number of amides is 2. The topological polar surface area (TPSA) is 91.8 Å². The molecule has 2 amide bonds. The zero-order chi connectivity index (χ0) is 19.1. The molecule has 0 saturated heterocycles. The number of nitrogens with one attached hydrogen (secondary N) is 1. The zero-order valence-electron chi connectivity index (χ0n) is 15.0. The molecule has 0 spiro atoms. The van der Waals surface area contributed by atoms with Crippen molar-refractivity contribution in [1.82, 2.24) is 15.2 Å². The van der Waals surface area contributed by atoms with Crippen molar-refractivity contribution in [2.24, 2.45) is 5.92 Å². The van der Waals surface area contributed by atoms with Gasteiger partial charge in [-0.05, 0) is 18.2 Å². The first-order chi connectivity index (χ1) is 12.4. The van der Waals surface area contributed by atoms with E-state index >= 15 is 0 Å². The van der Waals surface area contributed by atoms with Gasteiger partial charge in [-0.3, -0.25) is 9.78 Å². The predicted molar refractivity (Wildman–Crippen MR) is 97.0 cm³/mol. The molecule has 7 heteroatoms. The second-order valence-corrected chi connectivity index (χ2v) is 6.00. The van der Waals surface area contributed by atoms with E-state index in [2.05, 4.69) is 10.3 Å². The van der Waals surface area contributed by atoms with Crippen molar-refractivity contribution in [1.29, 1.82) is 0 Å². The number of carboxylic acid groups (broad SMARTS) is 1. The Morgan fingerprint density at radius 1 is 1.23 bits per heavy atom. The maximum Gasteiger partial charge on any atom is 0.317 e. The summed E-state index contributed by atoms with van der Waals surface area (Å²) in [7, 11) is 3.13. The Morgan fingerprint density at radius 2 is 1.92 bits per heavy atom. The van der Waals surface area contributed by atoms with Gasteiger partial charge in [-0.1, -0.05) is 31.2 Å². The quantitative estimate of drug-likeness (QED) is 0.794. The van der Waals surface area contributed by atoms with Gasteiger partial charge in [0.15, 0.2) is 0 Å². The van der Waals surface area contributed by atoms with Crippen LogP contribution in [0, 0.1) is 5.92 Å². The number of rotatable bonds is 7. The summed E-state index contributed by atoms with van der Waals surface area (Å²) < 4.78 is 5.42. The van der Waals surface area contributed by atoms with E-state index in [0.717, 1.165) is 5.56 Å². The third kappa shape index (κ3) is 4.72. The van der Waals surface area contributed by atoms with Crippen LogP contribution in [0.1, 0.15) is 24.2 Å². The number of benzene rings is 1. The lowest BCUT2D eigenvalue weighted by atomic mass is 10.0. The molecule has 0 fully saturated rings. The van der Waals surface area contributed by atoms with Crippen LogP contribution in [0.5, 0.6) is 5.75 Å². The number of aromatic nitrogens is 1. The van der Waals surface area contributed by atoms with E-state index in [0.29, 0.717) is 11.4 Å². The van der Waals surface area contributed by atoms with E-state index in [1.807, 2.05) is 36.4 Å². The molecular weight excluding hydrogens is 334 g/mol. The fourth-order valence-electron chi connectivity index (χ4n) is 2.57. The molecule has 0 aliphatic heterocycles. The molecule has 0 radical (unpaired) electrons. The SMILES string of the molecule is COc1ccccc1C(NC(=O)N(C)CC(C)C(=O)O)c1ccccn1. The van der Waals surface area contributed by atoms with Crippen molar-refractivity contribution in [3.05, 3.63) is 59.9 Å². The van der Waals surface area contributed by atoms with Gasteiger partial charge in [-0.15, -0.1) is 0 Å². The molecule has 1 aromatic heterocycles. The number of para-hydroxylation sites is 1. The lowest BCUT2D eigenvalue weighted by Gasteiger charge is -2.25. The van der Waals surface area contributed by atoms with Gasteiger partial charge in [0.05, 0.1) is 18.7 Å². The van der Waals surface area contributed by atoms with Crippen LogP contribution in [0.3, 0.4) is 0 Å². The van der Waals surface area contributed by atoms with Crippen LogP contribution < -0.4 is 10.1 Å². The highest BCUT2D eigenvalue weighted by Gasteiger charge is 2.24. The van der Waals surface area contributed by atoms with Gasteiger partial charge >= 0.3 is 12.0 Å². The molecular formula is C19H23N3O4. The van der Waals surface area contributed by atoms with E-state index in [4.69, 9.17) is 9.84 Å². The third-order valence-electron chi connectivity index (χ3n) is 4.02. The minimum absolute atomic E-state index is 0.0992. The molecule has 0 aliphatic carbocycles. The van der Waals surface area contributed by atoms with Gasteiger partial charge in [0, 0.05) is 25.4 Å². The molecule has 2 aromatic rings. The number of hydrogen-bond donors (Lipinski definition) is 2. The molecule has 7 nitrogen and oxygen atoms in total. The average molecular weight is 357 g/mol. The van der Waals surface area contributed by atoms with Crippen LogP contribution in [0.25, 0.3) is 0 Å². The number of methoxy groups -OCH3 is 1. The number of pyridine rings is 1. The second kappa shape index (κ2) is 8.84. The largest absolute Gasteiger partial charge is 0.496 e. The highest BCUT2D eigenvalue weighted by molar-refractivity contribution is 5.76. The molecule has 1 heterocycles. The Kier molecular flexibility index (Phi) is 6.54. The van der Waals surface area contributed by atoms with E-state index < -0.39 is 17.9 Å². The summed E-state index contributed by atoms with van der Waals surface area (Å²) in [6, 6.07) is 11.9. The summed E-state index contributed by atoms with van der Waals surface area (Å²) in [5.74, 6) is -0.981. The van der Waals surface area contributed by atoms with Crippen molar-refractivity contribution in [2.45, 2.75) is 13.0 Å². The van der Waals surface area contributed by atoms with Crippen molar-refractivity contribution in [3.8, 4) is 5.75 Å². The number of carbonyl (C=O) groups excluding carboxylic acids is 1. The second-order valence-electron chi connectivity index (χ2n) is 6.00. The monoisotopic (exact) mass is 357 g/mol. The standard InChI is InChI=1S/C19H23N3O4/c1-13(18(23)24)12-22(2)19(25)21-17(15-9-6-7-11-20-15)14-8-4-5-10-16(14)26-3/h4-11,13,17H,12H2,1-3H3,(H,21,25)(H,23,24). The Bertz CT molecular complexity index is 751. The highest BCUT2D eigenvalue weighted by Crippen LogP contribution is 2.29. The first kappa shape index (κ1) is 19.2. The van der Waals surface area contributed by atoms with E-state index in [1.54, 1.807) is 33.3 Å². The minimum Gasteiger partial charge on any atom is -0.496 e. The number of hydrogen-bond acceptors (Lipinski definition) is 4. The van der Waals surface area contributed by atoms with Gasteiger partial charge in [-0.25, -0.2) is 4.79 Å².